The number of nitrogens with zero attached hydrogens (tertiary/aromatic N) is 5. The molecule has 7 heteroatoms. The van der Waals surface area contributed by atoms with Crippen molar-refractivity contribution in [3.8, 4) is 22.5 Å². The summed E-state index contributed by atoms with van der Waals surface area (Å²) in [4.78, 5) is 14.6. The van der Waals surface area contributed by atoms with Crippen LogP contribution in [0.3, 0.4) is 0 Å². The van der Waals surface area contributed by atoms with E-state index in [2.05, 4.69) is 138 Å². The van der Waals surface area contributed by atoms with E-state index in [-0.39, 0.29) is 12.1 Å². The number of aromatic nitrogens is 4. The summed E-state index contributed by atoms with van der Waals surface area (Å²) in [5.41, 5.74) is 7.52. The van der Waals surface area contributed by atoms with E-state index in [0.717, 1.165) is 58.3 Å². The Kier molecular flexibility index (Phi) is 9.15. The lowest BCUT2D eigenvalue weighted by molar-refractivity contribution is -0.119. The van der Waals surface area contributed by atoms with Crippen LogP contribution in [0.15, 0.2) is 151 Å². The minimum absolute atomic E-state index is 0.00387. The lowest BCUT2D eigenvalue weighted by Crippen LogP contribution is -2.50. The number of rotatable bonds is 11. The van der Waals surface area contributed by atoms with E-state index in [0.29, 0.717) is 12.4 Å². The first-order chi connectivity index (χ1) is 24.1. The van der Waals surface area contributed by atoms with Crippen LogP contribution in [0, 0.1) is 0 Å². The van der Waals surface area contributed by atoms with Gasteiger partial charge in [-0.25, -0.2) is 4.68 Å². The molecule has 0 saturated heterocycles. The maximum Gasteiger partial charge on any atom is 0.247 e. The van der Waals surface area contributed by atoms with Gasteiger partial charge in [-0.05, 0) is 63.6 Å². The van der Waals surface area contributed by atoms with Gasteiger partial charge in [-0.2, -0.15) is 0 Å². The molecule has 0 bridgehead atoms. The van der Waals surface area contributed by atoms with Crippen LogP contribution in [0.2, 0.25) is 0 Å². The Morgan fingerprint density at radius 1 is 0.714 bits per heavy atom. The van der Waals surface area contributed by atoms with Gasteiger partial charge >= 0.3 is 0 Å². The Labute approximate surface area is 287 Å². The Morgan fingerprint density at radius 2 is 1.27 bits per heavy atom. The van der Waals surface area contributed by atoms with Gasteiger partial charge in [0, 0.05) is 23.9 Å². The van der Waals surface area contributed by atoms with E-state index in [9.17, 15) is 4.79 Å². The van der Waals surface area contributed by atoms with Crippen LogP contribution in [0.1, 0.15) is 55.4 Å². The fourth-order valence-corrected chi connectivity index (χ4v) is 7.06. The molecule has 1 N–H and O–H groups in total. The van der Waals surface area contributed by atoms with Gasteiger partial charge in [0.15, 0.2) is 5.82 Å². The maximum absolute atomic E-state index is 12.3. The zero-order valence-corrected chi connectivity index (χ0v) is 27.9. The number of benzene rings is 5. The molecule has 7 nitrogen and oxygen atoms in total. The van der Waals surface area contributed by atoms with Crippen molar-refractivity contribution in [2.45, 2.75) is 51.4 Å². The van der Waals surface area contributed by atoms with E-state index in [1.54, 1.807) is 6.08 Å². The third-order valence-electron chi connectivity index (χ3n) is 9.46. The summed E-state index contributed by atoms with van der Waals surface area (Å²) in [5.74, 6) is 0.653. The van der Waals surface area contributed by atoms with Crippen LogP contribution < -0.4 is 5.32 Å². The smallest absolute Gasteiger partial charge is 0.247 e. The highest BCUT2D eigenvalue weighted by Gasteiger charge is 2.42. The second-order valence-electron chi connectivity index (χ2n) is 12.5. The Balaban J connectivity index is 1.31. The lowest BCUT2D eigenvalue weighted by atomic mass is 9.77. The molecule has 0 spiro atoms. The molecular weight excluding hydrogens is 605 g/mol. The summed E-state index contributed by atoms with van der Waals surface area (Å²) in [6.45, 7) is 4.91. The van der Waals surface area contributed by atoms with Crippen LogP contribution >= 0.6 is 0 Å². The average Bonchev–Trinajstić information content (AvgIpc) is 3.64. The number of tetrazole rings is 1. The summed E-state index contributed by atoms with van der Waals surface area (Å²) in [5, 5.41) is 16.9. The second-order valence-corrected chi connectivity index (χ2v) is 12.5. The summed E-state index contributed by atoms with van der Waals surface area (Å²) in [6.07, 6.45) is 4.76. The number of carbonyl (C=O) groups excluding carboxylic acids is 1. The summed E-state index contributed by atoms with van der Waals surface area (Å²) in [7, 11) is 0. The van der Waals surface area contributed by atoms with Gasteiger partial charge in [0.25, 0.3) is 0 Å². The molecule has 2 heterocycles. The molecule has 244 valence electrons. The first-order valence-corrected chi connectivity index (χ1v) is 17.0. The molecule has 6 aromatic rings. The molecule has 1 aromatic heterocycles. The fourth-order valence-electron chi connectivity index (χ4n) is 7.06. The number of carbonyl (C=O) groups is 1. The van der Waals surface area contributed by atoms with Crippen molar-refractivity contribution in [2.24, 2.45) is 0 Å². The zero-order valence-electron chi connectivity index (χ0n) is 27.9. The standard InChI is InChI=1S/C42H40N6O/c1-3-4-24-39-43-40(49)29-31(2)47(39)30-32-25-27-33(28-26-32)37-22-14-15-23-38(37)41-44-45-46-48(41)42(34-16-8-5-9-17-34,35-18-10-6-11-19-35)36-20-12-7-13-21-36/h5-23,25-29,39H,3-4,24,30H2,1-2H3,(H,43,49). The van der Waals surface area contributed by atoms with Crippen molar-refractivity contribution in [3.05, 3.63) is 174 Å². The molecule has 0 saturated carbocycles. The fraction of sp³-hybridized carbons (Fsp3) is 0.190. The molecule has 0 aliphatic carbocycles. The molecule has 49 heavy (non-hydrogen) atoms. The molecule has 0 radical (unpaired) electrons. The number of hydrogen-bond donors (Lipinski definition) is 1. The van der Waals surface area contributed by atoms with Crippen LogP contribution in [0.4, 0.5) is 0 Å². The largest absolute Gasteiger partial charge is 0.350 e. The summed E-state index contributed by atoms with van der Waals surface area (Å²) < 4.78 is 1.98. The second kappa shape index (κ2) is 14.1. The maximum atomic E-state index is 12.3. The third-order valence-corrected chi connectivity index (χ3v) is 9.46. The van der Waals surface area contributed by atoms with Gasteiger partial charge in [-0.3, -0.25) is 4.79 Å². The number of allylic oxidation sites excluding steroid dienone is 1. The van der Waals surface area contributed by atoms with Crippen molar-refractivity contribution in [1.29, 1.82) is 0 Å². The van der Waals surface area contributed by atoms with Crippen molar-refractivity contribution < 1.29 is 4.79 Å². The average molecular weight is 645 g/mol. The molecule has 0 fully saturated rings. The Hall–Kier alpha value is -5.82. The third kappa shape index (κ3) is 6.16. The van der Waals surface area contributed by atoms with Crippen molar-refractivity contribution in [2.75, 3.05) is 0 Å². The van der Waals surface area contributed by atoms with E-state index >= 15 is 0 Å². The number of nitrogens with one attached hydrogen (secondary N) is 1. The number of amides is 1. The SMILES string of the molecule is CCCCC1NC(=O)C=C(C)N1Cc1ccc(-c2ccccc2-c2nnnn2C(c2ccccc2)(c2ccccc2)c2ccccc2)cc1. The summed E-state index contributed by atoms with van der Waals surface area (Å²) in [6, 6.07) is 48.4. The highest BCUT2D eigenvalue weighted by molar-refractivity contribution is 5.89. The molecule has 5 aromatic carbocycles. The Morgan fingerprint density at radius 3 is 1.84 bits per heavy atom. The molecule has 1 unspecified atom stereocenters. The normalized spacial score (nSPS) is 14.7. The molecule has 1 aliphatic heterocycles. The van der Waals surface area contributed by atoms with Crippen molar-refractivity contribution in [1.82, 2.24) is 30.4 Å². The highest BCUT2D eigenvalue weighted by Crippen LogP contribution is 2.43. The molecule has 1 amide bonds. The Bertz CT molecular complexity index is 1940. The molecular formula is C42H40N6O. The van der Waals surface area contributed by atoms with Gasteiger partial charge < -0.3 is 10.2 Å². The van der Waals surface area contributed by atoms with Crippen molar-refractivity contribution in [3.63, 3.8) is 0 Å². The molecule has 1 atom stereocenters. The van der Waals surface area contributed by atoms with Crippen LogP contribution in [-0.4, -0.2) is 37.2 Å². The quantitative estimate of drug-likeness (QED) is 0.144. The predicted molar refractivity (Wildman–Crippen MR) is 194 cm³/mol. The van der Waals surface area contributed by atoms with Crippen LogP contribution in [0.5, 0.6) is 0 Å². The van der Waals surface area contributed by atoms with Gasteiger partial charge in [0.1, 0.15) is 11.7 Å². The topological polar surface area (TPSA) is 75.9 Å². The van der Waals surface area contributed by atoms with Gasteiger partial charge in [0.2, 0.25) is 5.91 Å². The predicted octanol–water partition coefficient (Wildman–Crippen LogP) is 8.20. The summed E-state index contributed by atoms with van der Waals surface area (Å²) >= 11 is 0. The van der Waals surface area contributed by atoms with E-state index in [4.69, 9.17) is 10.3 Å². The number of unbranched alkanes of at least 4 members (excludes halogenated alkanes) is 1. The monoisotopic (exact) mass is 644 g/mol. The van der Waals surface area contributed by atoms with E-state index in [1.807, 2.05) is 35.9 Å². The van der Waals surface area contributed by atoms with Gasteiger partial charge in [0.05, 0.1) is 0 Å². The first-order valence-electron chi connectivity index (χ1n) is 17.0. The molecule has 1 aliphatic rings. The number of hydrogen-bond acceptors (Lipinski definition) is 5. The molecule has 7 rings (SSSR count). The minimum Gasteiger partial charge on any atom is -0.350 e. The van der Waals surface area contributed by atoms with Crippen LogP contribution in [-0.2, 0) is 16.9 Å². The zero-order chi connectivity index (χ0) is 33.6. The van der Waals surface area contributed by atoms with E-state index in [1.165, 1.54) is 5.56 Å². The van der Waals surface area contributed by atoms with Crippen molar-refractivity contribution >= 4 is 5.91 Å². The minimum atomic E-state index is -0.844. The highest BCUT2D eigenvalue weighted by atomic mass is 16.1. The van der Waals surface area contributed by atoms with Gasteiger partial charge in [-0.1, -0.05) is 153 Å². The lowest BCUT2D eigenvalue weighted by Gasteiger charge is -2.37. The van der Waals surface area contributed by atoms with Crippen LogP contribution in [0.25, 0.3) is 22.5 Å². The van der Waals surface area contributed by atoms with Gasteiger partial charge in [-0.15, -0.1) is 5.10 Å². The first kappa shape index (κ1) is 31.8. The van der Waals surface area contributed by atoms with E-state index < -0.39 is 5.54 Å².